The van der Waals surface area contributed by atoms with Crippen LogP contribution in [0.2, 0.25) is 0 Å². The van der Waals surface area contributed by atoms with Crippen LogP contribution >= 0.6 is 0 Å². The maximum Gasteiger partial charge on any atom is 0.0526 e. The van der Waals surface area contributed by atoms with Gasteiger partial charge in [-0.3, -0.25) is 0 Å². The minimum absolute atomic E-state index is 0.229. The minimum atomic E-state index is -0.229. The van der Waals surface area contributed by atoms with Crippen molar-refractivity contribution in [3.63, 3.8) is 0 Å². The van der Waals surface area contributed by atoms with Gasteiger partial charge in [0, 0.05) is 31.5 Å². The molecule has 0 aromatic carbocycles. The zero-order valence-corrected chi connectivity index (χ0v) is 10.6. The number of aryl methyl sites for hydroxylation is 1. The molecule has 92 valence electrons. The van der Waals surface area contributed by atoms with Gasteiger partial charge in [0.2, 0.25) is 0 Å². The summed E-state index contributed by atoms with van der Waals surface area (Å²) in [5.74, 6) is 0. The first kappa shape index (κ1) is 13.3. The summed E-state index contributed by atoms with van der Waals surface area (Å²) in [5, 5.41) is 12.7. The Bertz CT molecular complexity index is 294. The molecule has 2 atom stereocenters. The highest BCUT2D eigenvalue weighted by molar-refractivity contribution is 5.10. The summed E-state index contributed by atoms with van der Waals surface area (Å²) in [6, 6.07) is 2.51. The van der Waals surface area contributed by atoms with E-state index in [1.54, 1.807) is 0 Å². The van der Waals surface area contributed by atoms with E-state index in [2.05, 4.69) is 42.2 Å². The molecular weight excluding hydrogens is 200 g/mol. The van der Waals surface area contributed by atoms with E-state index in [1.165, 1.54) is 12.0 Å². The van der Waals surface area contributed by atoms with Crippen molar-refractivity contribution in [2.24, 2.45) is 0 Å². The maximum absolute atomic E-state index is 9.25. The van der Waals surface area contributed by atoms with Gasteiger partial charge in [0.25, 0.3) is 0 Å². The van der Waals surface area contributed by atoms with Crippen LogP contribution in [0, 0.1) is 0 Å². The summed E-state index contributed by atoms with van der Waals surface area (Å²) in [7, 11) is 0. The third kappa shape index (κ3) is 4.81. The predicted octanol–water partition coefficient (Wildman–Crippen LogP) is 2.15. The van der Waals surface area contributed by atoms with Gasteiger partial charge >= 0.3 is 0 Å². The van der Waals surface area contributed by atoms with Crippen molar-refractivity contribution >= 4 is 0 Å². The number of aliphatic hydroxyl groups is 1. The van der Waals surface area contributed by atoms with E-state index in [0.29, 0.717) is 6.04 Å². The average Bonchev–Trinajstić information content (AvgIpc) is 2.62. The van der Waals surface area contributed by atoms with Crippen molar-refractivity contribution in [2.45, 2.75) is 58.8 Å². The lowest BCUT2D eigenvalue weighted by molar-refractivity contribution is 0.170. The highest BCUT2D eigenvalue weighted by Gasteiger charge is 2.05. The van der Waals surface area contributed by atoms with Crippen LogP contribution in [0.1, 0.15) is 39.2 Å². The molecule has 1 aromatic rings. The van der Waals surface area contributed by atoms with Gasteiger partial charge in [0.05, 0.1) is 6.10 Å². The molecule has 1 rings (SSSR count). The van der Waals surface area contributed by atoms with E-state index in [4.69, 9.17) is 0 Å². The second-order valence-electron chi connectivity index (χ2n) is 4.62. The van der Waals surface area contributed by atoms with Gasteiger partial charge in [-0.05, 0) is 38.3 Å². The first-order chi connectivity index (χ1) is 7.61. The molecule has 1 heterocycles. The van der Waals surface area contributed by atoms with Gasteiger partial charge in [-0.15, -0.1) is 0 Å². The van der Waals surface area contributed by atoms with Crippen molar-refractivity contribution in [2.75, 3.05) is 0 Å². The van der Waals surface area contributed by atoms with E-state index in [1.807, 2.05) is 6.92 Å². The zero-order valence-electron chi connectivity index (χ0n) is 10.6. The first-order valence-corrected chi connectivity index (χ1v) is 6.18. The molecule has 0 amide bonds. The first-order valence-electron chi connectivity index (χ1n) is 6.18. The van der Waals surface area contributed by atoms with E-state index >= 15 is 0 Å². The van der Waals surface area contributed by atoms with Crippen LogP contribution in [0.5, 0.6) is 0 Å². The predicted molar refractivity (Wildman–Crippen MR) is 67.3 cm³/mol. The molecule has 0 aliphatic rings. The third-order valence-corrected chi connectivity index (χ3v) is 2.64. The quantitative estimate of drug-likeness (QED) is 0.744. The molecule has 3 heteroatoms. The van der Waals surface area contributed by atoms with Crippen LogP contribution < -0.4 is 5.32 Å². The largest absolute Gasteiger partial charge is 0.393 e. The summed E-state index contributed by atoms with van der Waals surface area (Å²) in [5.41, 5.74) is 1.31. The minimum Gasteiger partial charge on any atom is -0.393 e. The smallest absolute Gasteiger partial charge is 0.0526 e. The molecule has 0 saturated carbocycles. The normalized spacial score (nSPS) is 15.0. The number of hydrogen-bond acceptors (Lipinski definition) is 2. The Hall–Kier alpha value is -0.800. The van der Waals surface area contributed by atoms with E-state index in [9.17, 15) is 5.11 Å². The molecule has 0 saturated heterocycles. The molecule has 0 spiro atoms. The second-order valence-corrected chi connectivity index (χ2v) is 4.62. The Morgan fingerprint density at radius 2 is 2.19 bits per heavy atom. The Balaban J connectivity index is 2.30. The lowest BCUT2D eigenvalue weighted by atomic mass is 10.1. The lowest BCUT2D eigenvalue weighted by Gasteiger charge is -2.14. The van der Waals surface area contributed by atoms with Gasteiger partial charge in [-0.2, -0.15) is 0 Å². The maximum atomic E-state index is 9.25. The van der Waals surface area contributed by atoms with Gasteiger partial charge < -0.3 is 15.0 Å². The number of aromatic nitrogens is 1. The standard InChI is InChI=1S/C13H24N2O/c1-4-6-15-7-5-13(10-15)9-14-11(2)8-12(3)16/h5,7,10-12,14,16H,4,6,8-9H2,1-3H3. The molecule has 3 nitrogen and oxygen atoms in total. The van der Waals surface area contributed by atoms with Gasteiger partial charge in [-0.25, -0.2) is 0 Å². The summed E-state index contributed by atoms with van der Waals surface area (Å²) in [6.07, 6.45) is 6.05. The van der Waals surface area contributed by atoms with Crippen LogP contribution in [0.4, 0.5) is 0 Å². The highest BCUT2D eigenvalue weighted by Crippen LogP contribution is 2.04. The van der Waals surface area contributed by atoms with Crippen molar-refractivity contribution in [3.05, 3.63) is 24.0 Å². The van der Waals surface area contributed by atoms with Crippen LogP contribution in [0.15, 0.2) is 18.5 Å². The molecule has 0 aliphatic heterocycles. The molecule has 0 aliphatic carbocycles. The molecule has 0 fully saturated rings. The molecule has 1 aromatic heterocycles. The number of nitrogens with one attached hydrogen (secondary N) is 1. The van der Waals surface area contributed by atoms with Crippen molar-refractivity contribution in [3.8, 4) is 0 Å². The van der Waals surface area contributed by atoms with Crippen molar-refractivity contribution < 1.29 is 5.11 Å². The fourth-order valence-corrected chi connectivity index (χ4v) is 1.88. The van der Waals surface area contributed by atoms with Crippen LogP contribution in [-0.2, 0) is 13.1 Å². The Labute approximate surface area is 98.5 Å². The molecular formula is C13H24N2O. The summed E-state index contributed by atoms with van der Waals surface area (Å²) < 4.78 is 2.22. The summed E-state index contributed by atoms with van der Waals surface area (Å²) >= 11 is 0. The monoisotopic (exact) mass is 224 g/mol. The van der Waals surface area contributed by atoms with Gasteiger partial charge in [0.1, 0.15) is 0 Å². The number of nitrogens with zero attached hydrogens (tertiary/aromatic N) is 1. The van der Waals surface area contributed by atoms with Crippen LogP contribution in [0.3, 0.4) is 0 Å². The topological polar surface area (TPSA) is 37.2 Å². The molecule has 16 heavy (non-hydrogen) atoms. The van der Waals surface area contributed by atoms with E-state index < -0.39 is 0 Å². The third-order valence-electron chi connectivity index (χ3n) is 2.64. The number of hydrogen-bond donors (Lipinski definition) is 2. The fourth-order valence-electron chi connectivity index (χ4n) is 1.88. The van der Waals surface area contributed by atoms with Crippen LogP contribution in [0.25, 0.3) is 0 Å². The molecule has 2 N–H and O–H groups in total. The SMILES string of the molecule is CCCn1ccc(CNC(C)CC(C)O)c1. The van der Waals surface area contributed by atoms with E-state index in [0.717, 1.165) is 19.5 Å². The van der Waals surface area contributed by atoms with E-state index in [-0.39, 0.29) is 6.10 Å². The second kappa shape index (κ2) is 6.71. The molecule has 0 radical (unpaired) electrons. The average molecular weight is 224 g/mol. The van der Waals surface area contributed by atoms with Gasteiger partial charge in [-0.1, -0.05) is 6.92 Å². The van der Waals surface area contributed by atoms with Crippen LogP contribution in [-0.4, -0.2) is 21.8 Å². The summed E-state index contributed by atoms with van der Waals surface area (Å²) in [4.78, 5) is 0. The lowest BCUT2D eigenvalue weighted by Crippen LogP contribution is -2.28. The fraction of sp³-hybridized carbons (Fsp3) is 0.692. The Morgan fingerprint density at radius 1 is 1.44 bits per heavy atom. The van der Waals surface area contributed by atoms with Gasteiger partial charge in [0.15, 0.2) is 0 Å². The van der Waals surface area contributed by atoms with Crippen molar-refractivity contribution in [1.82, 2.24) is 9.88 Å². The highest BCUT2D eigenvalue weighted by atomic mass is 16.3. The number of aliphatic hydroxyl groups excluding tert-OH is 1. The number of rotatable bonds is 7. The summed E-state index contributed by atoms with van der Waals surface area (Å²) in [6.45, 7) is 8.09. The molecule has 2 unspecified atom stereocenters. The Kier molecular flexibility index (Phi) is 5.56. The molecule has 0 bridgehead atoms. The van der Waals surface area contributed by atoms with Crippen molar-refractivity contribution in [1.29, 1.82) is 0 Å². The zero-order chi connectivity index (χ0) is 12.0. The Morgan fingerprint density at radius 3 is 2.81 bits per heavy atom.